The van der Waals surface area contributed by atoms with Crippen LogP contribution < -0.4 is 0 Å². The lowest BCUT2D eigenvalue weighted by atomic mass is 10.2. The Bertz CT molecular complexity index is 784. The Kier molecular flexibility index (Phi) is 6.88. The summed E-state index contributed by atoms with van der Waals surface area (Å²) in [6.45, 7) is 5.41. The minimum atomic E-state index is -0.386. The molecule has 6 nitrogen and oxygen atoms in total. The van der Waals surface area contributed by atoms with Gasteiger partial charge in [0.25, 0.3) is 0 Å². The Hall–Kier alpha value is -1.89. The average Bonchev–Trinajstić information content (AvgIpc) is 2.95. The van der Waals surface area contributed by atoms with Gasteiger partial charge < -0.3 is 14.2 Å². The van der Waals surface area contributed by atoms with Crippen molar-refractivity contribution in [3.8, 4) is 0 Å². The van der Waals surface area contributed by atoms with Gasteiger partial charge in [0.1, 0.15) is 12.2 Å². The minimum absolute atomic E-state index is 0.181. The van der Waals surface area contributed by atoms with E-state index in [2.05, 4.69) is 5.10 Å². The van der Waals surface area contributed by atoms with Gasteiger partial charge in [-0.25, -0.2) is 4.79 Å². The second-order valence-electron chi connectivity index (χ2n) is 6.60. The third-order valence-electron chi connectivity index (χ3n) is 4.62. The zero-order chi connectivity index (χ0) is 19.2. The maximum absolute atomic E-state index is 12.5. The lowest BCUT2D eigenvalue weighted by Gasteiger charge is -2.22. The maximum atomic E-state index is 12.5. The second kappa shape index (κ2) is 9.35. The maximum Gasteiger partial charge on any atom is 0.341 e. The fraction of sp³-hybridized carbons (Fsp3) is 0.500. The van der Waals surface area contributed by atoms with E-state index in [1.165, 1.54) is 0 Å². The van der Waals surface area contributed by atoms with Gasteiger partial charge in [-0.2, -0.15) is 5.10 Å². The summed E-state index contributed by atoms with van der Waals surface area (Å²) in [6.07, 6.45) is 2.89. The van der Waals surface area contributed by atoms with Crippen molar-refractivity contribution < 1.29 is 19.0 Å². The summed E-state index contributed by atoms with van der Waals surface area (Å²) >= 11 is 6.23. The smallest absolute Gasteiger partial charge is 0.341 e. The molecule has 1 fully saturated rings. The topological polar surface area (TPSA) is 62.6 Å². The highest BCUT2D eigenvalue weighted by atomic mass is 35.5. The van der Waals surface area contributed by atoms with Crippen LogP contribution in [-0.2, 0) is 20.8 Å². The SMILES string of the molecule is Cc1nn(Cc2ccccc2Cl)c(C)c1C(=O)OCCOC1CCCCO1. The summed E-state index contributed by atoms with van der Waals surface area (Å²) in [6, 6.07) is 7.60. The standard InChI is InChI=1S/C20H25ClN2O4/c1-14-19(20(24)27-12-11-26-18-9-5-6-10-25-18)15(2)23(22-14)13-16-7-3-4-8-17(16)21/h3-4,7-8,18H,5-6,9-13H2,1-2H3. The molecule has 2 heterocycles. The van der Waals surface area contributed by atoms with Crippen LogP contribution in [0.1, 0.15) is 46.6 Å². The molecule has 0 spiro atoms. The first kappa shape index (κ1) is 19.9. The van der Waals surface area contributed by atoms with Gasteiger partial charge >= 0.3 is 5.97 Å². The van der Waals surface area contributed by atoms with E-state index in [1.807, 2.05) is 31.2 Å². The summed E-state index contributed by atoms with van der Waals surface area (Å²) in [5.41, 5.74) is 2.84. The minimum Gasteiger partial charge on any atom is -0.460 e. The van der Waals surface area contributed by atoms with E-state index < -0.39 is 0 Å². The van der Waals surface area contributed by atoms with Gasteiger partial charge in [0, 0.05) is 11.6 Å². The number of hydrogen-bond donors (Lipinski definition) is 0. The zero-order valence-electron chi connectivity index (χ0n) is 15.7. The van der Waals surface area contributed by atoms with E-state index in [0.717, 1.165) is 37.1 Å². The Morgan fingerprint density at radius 1 is 1.30 bits per heavy atom. The Morgan fingerprint density at radius 2 is 2.11 bits per heavy atom. The molecule has 3 rings (SSSR count). The highest BCUT2D eigenvalue weighted by Gasteiger charge is 2.21. The number of rotatable bonds is 7. The number of benzene rings is 1. The Balaban J connectivity index is 1.56. The quantitative estimate of drug-likeness (QED) is 0.528. The predicted octanol–water partition coefficient (Wildman–Crippen LogP) is 3.90. The third kappa shape index (κ3) is 5.09. The van der Waals surface area contributed by atoms with Crippen molar-refractivity contribution in [1.82, 2.24) is 9.78 Å². The normalized spacial score (nSPS) is 17.1. The summed E-state index contributed by atoms with van der Waals surface area (Å²) in [7, 11) is 0. The molecule has 1 aliphatic rings. The number of nitrogens with zero attached hydrogens (tertiary/aromatic N) is 2. The molecule has 146 valence electrons. The number of halogens is 1. The summed E-state index contributed by atoms with van der Waals surface area (Å²) in [4.78, 5) is 12.5. The molecule has 0 saturated carbocycles. The zero-order valence-corrected chi connectivity index (χ0v) is 16.5. The molecule has 1 aromatic heterocycles. The highest BCUT2D eigenvalue weighted by Crippen LogP contribution is 2.20. The number of hydrogen-bond acceptors (Lipinski definition) is 5. The average molecular weight is 393 g/mol. The molecule has 1 aliphatic heterocycles. The number of ether oxygens (including phenoxy) is 3. The number of carbonyl (C=O) groups is 1. The fourth-order valence-electron chi connectivity index (χ4n) is 3.16. The van der Waals surface area contributed by atoms with Crippen LogP contribution >= 0.6 is 11.6 Å². The van der Waals surface area contributed by atoms with Crippen LogP contribution in [0.4, 0.5) is 0 Å². The molecule has 27 heavy (non-hydrogen) atoms. The number of carbonyl (C=O) groups excluding carboxylic acids is 1. The van der Waals surface area contributed by atoms with E-state index in [4.69, 9.17) is 25.8 Å². The van der Waals surface area contributed by atoms with Gasteiger partial charge in [-0.3, -0.25) is 4.68 Å². The Labute approximate surface area is 164 Å². The van der Waals surface area contributed by atoms with Crippen molar-refractivity contribution in [2.24, 2.45) is 0 Å². The molecular weight excluding hydrogens is 368 g/mol. The van der Waals surface area contributed by atoms with Crippen LogP contribution in [0.3, 0.4) is 0 Å². The molecule has 0 aliphatic carbocycles. The molecule has 1 saturated heterocycles. The van der Waals surface area contributed by atoms with Gasteiger partial charge in [-0.05, 0) is 44.7 Å². The van der Waals surface area contributed by atoms with Crippen LogP contribution in [0.5, 0.6) is 0 Å². The second-order valence-corrected chi connectivity index (χ2v) is 7.00. The molecule has 1 unspecified atom stereocenters. The first-order chi connectivity index (χ1) is 13.1. The van der Waals surface area contributed by atoms with Crippen molar-refractivity contribution in [3.05, 3.63) is 51.8 Å². The number of esters is 1. The number of aromatic nitrogens is 2. The molecule has 0 bridgehead atoms. The van der Waals surface area contributed by atoms with Crippen LogP contribution in [0.2, 0.25) is 5.02 Å². The summed E-state index contributed by atoms with van der Waals surface area (Å²) in [5, 5.41) is 5.15. The van der Waals surface area contributed by atoms with E-state index in [-0.39, 0.29) is 18.9 Å². The van der Waals surface area contributed by atoms with Gasteiger partial charge in [0.2, 0.25) is 0 Å². The first-order valence-corrected chi connectivity index (χ1v) is 9.62. The van der Waals surface area contributed by atoms with E-state index >= 15 is 0 Å². The van der Waals surface area contributed by atoms with E-state index in [0.29, 0.717) is 29.4 Å². The summed E-state index contributed by atoms with van der Waals surface area (Å²) in [5.74, 6) is -0.386. The molecule has 0 N–H and O–H groups in total. The van der Waals surface area contributed by atoms with Crippen molar-refractivity contribution in [2.75, 3.05) is 19.8 Å². The lowest BCUT2D eigenvalue weighted by Crippen LogP contribution is -2.24. The van der Waals surface area contributed by atoms with Crippen LogP contribution in [-0.4, -0.2) is 41.9 Å². The first-order valence-electron chi connectivity index (χ1n) is 9.24. The van der Waals surface area contributed by atoms with Gasteiger partial charge in [0.15, 0.2) is 6.29 Å². The number of aryl methyl sites for hydroxylation is 1. The predicted molar refractivity (Wildman–Crippen MR) is 102 cm³/mol. The van der Waals surface area contributed by atoms with E-state index in [1.54, 1.807) is 11.6 Å². The van der Waals surface area contributed by atoms with Crippen LogP contribution in [0.25, 0.3) is 0 Å². The molecule has 0 radical (unpaired) electrons. The fourth-order valence-corrected chi connectivity index (χ4v) is 3.36. The van der Waals surface area contributed by atoms with Crippen molar-refractivity contribution in [1.29, 1.82) is 0 Å². The molecule has 1 atom stereocenters. The largest absolute Gasteiger partial charge is 0.460 e. The van der Waals surface area contributed by atoms with Crippen molar-refractivity contribution in [2.45, 2.75) is 45.9 Å². The van der Waals surface area contributed by atoms with E-state index in [9.17, 15) is 4.79 Å². The van der Waals surface area contributed by atoms with Crippen LogP contribution in [0.15, 0.2) is 24.3 Å². The van der Waals surface area contributed by atoms with Crippen molar-refractivity contribution in [3.63, 3.8) is 0 Å². The third-order valence-corrected chi connectivity index (χ3v) is 4.99. The molecule has 0 amide bonds. The van der Waals surface area contributed by atoms with Crippen LogP contribution in [0, 0.1) is 13.8 Å². The van der Waals surface area contributed by atoms with Crippen molar-refractivity contribution >= 4 is 17.6 Å². The van der Waals surface area contributed by atoms with Gasteiger partial charge in [-0.1, -0.05) is 29.8 Å². The van der Waals surface area contributed by atoms with Gasteiger partial charge in [-0.15, -0.1) is 0 Å². The molecular formula is C20H25ClN2O4. The molecule has 2 aromatic rings. The highest BCUT2D eigenvalue weighted by molar-refractivity contribution is 6.31. The molecule has 1 aromatic carbocycles. The van der Waals surface area contributed by atoms with Gasteiger partial charge in [0.05, 0.1) is 24.5 Å². The summed E-state index contributed by atoms with van der Waals surface area (Å²) < 4.78 is 18.2. The Morgan fingerprint density at radius 3 is 2.85 bits per heavy atom. The molecule has 7 heteroatoms. The lowest BCUT2D eigenvalue weighted by molar-refractivity contribution is -0.166. The monoisotopic (exact) mass is 392 g/mol.